The highest BCUT2D eigenvalue weighted by Crippen LogP contribution is 2.23. The second kappa shape index (κ2) is 5.34. The van der Waals surface area contributed by atoms with Crippen molar-refractivity contribution < 1.29 is 9.90 Å². The van der Waals surface area contributed by atoms with Crippen LogP contribution in [0.25, 0.3) is 0 Å². The van der Waals surface area contributed by atoms with Crippen LogP contribution in [0.3, 0.4) is 0 Å². The molecule has 18 heavy (non-hydrogen) atoms. The predicted molar refractivity (Wildman–Crippen MR) is 70.9 cm³/mol. The van der Waals surface area contributed by atoms with E-state index < -0.39 is 6.10 Å². The van der Waals surface area contributed by atoms with Gasteiger partial charge in [-0.15, -0.1) is 11.3 Å². The molecule has 1 saturated heterocycles. The van der Waals surface area contributed by atoms with Crippen LogP contribution >= 0.6 is 11.3 Å². The zero-order chi connectivity index (χ0) is 13.3. The molecule has 0 radical (unpaired) electrons. The van der Waals surface area contributed by atoms with E-state index in [0.29, 0.717) is 17.8 Å². The first-order valence-corrected chi connectivity index (χ1v) is 6.91. The Balaban J connectivity index is 2.15. The first-order valence-electron chi connectivity index (χ1n) is 6.03. The van der Waals surface area contributed by atoms with Crippen molar-refractivity contribution in [1.82, 2.24) is 14.8 Å². The lowest BCUT2D eigenvalue weighted by atomic mass is 10.2. The van der Waals surface area contributed by atoms with Crippen molar-refractivity contribution in [3.63, 3.8) is 0 Å². The maximum absolute atomic E-state index is 12.4. The third-order valence-electron chi connectivity index (χ3n) is 3.17. The number of β-amino-alcohol motifs (C(OH)–C–C–N with tert-alkyl or cyclic N) is 1. The van der Waals surface area contributed by atoms with Crippen LogP contribution in [-0.4, -0.2) is 65.1 Å². The summed E-state index contributed by atoms with van der Waals surface area (Å²) in [7, 11) is 3.95. The molecular weight excluding hydrogens is 250 g/mol. The van der Waals surface area contributed by atoms with E-state index >= 15 is 0 Å². The van der Waals surface area contributed by atoms with Crippen molar-refractivity contribution >= 4 is 17.2 Å². The second-order valence-corrected chi connectivity index (χ2v) is 5.88. The van der Waals surface area contributed by atoms with Crippen molar-refractivity contribution in [2.45, 2.75) is 25.5 Å². The minimum Gasteiger partial charge on any atom is -0.391 e. The molecule has 1 aliphatic rings. The maximum Gasteiger partial charge on any atom is 0.266 e. The summed E-state index contributed by atoms with van der Waals surface area (Å²) in [5.41, 5.74) is 2.46. The van der Waals surface area contributed by atoms with Crippen molar-refractivity contribution in [2.75, 3.05) is 27.2 Å². The number of carbonyl (C=O) groups excluding carboxylic acids is 1. The number of aliphatic hydroxyl groups excluding tert-OH is 1. The molecular formula is C12H19N3O2S. The summed E-state index contributed by atoms with van der Waals surface area (Å²) >= 11 is 1.37. The number of hydrogen-bond acceptors (Lipinski definition) is 5. The molecule has 100 valence electrons. The normalized spacial score (nSPS) is 23.9. The first-order chi connectivity index (χ1) is 8.49. The van der Waals surface area contributed by atoms with E-state index in [1.807, 2.05) is 25.9 Å². The fourth-order valence-corrected chi connectivity index (χ4v) is 3.13. The molecule has 0 saturated carbocycles. The van der Waals surface area contributed by atoms with Gasteiger partial charge in [0.2, 0.25) is 0 Å². The average molecular weight is 269 g/mol. The molecule has 0 aliphatic carbocycles. The van der Waals surface area contributed by atoms with Gasteiger partial charge in [0.15, 0.2) is 0 Å². The van der Waals surface area contributed by atoms with Crippen LogP contribution in [0, 0.1) is 6.92 Å². The molecule has 1 aliphatic heterocycles. The highest BCUT2D eigenvalue weighted by molar-refractivity contribution is 7.11. The molecule has 0 spiro atoms. The lowest BCUT2D eigenvalue weighted by molar-refractivity contribution is 0.0703. The number of aryl methyl sites for hydroxylation is 1. The van der Waals surface area contributed by atoms with Gasteiger partial charge in [-0.25, -0.2) is 4.98 Å². The van der Waals surface area contributed by atoms with E-state index in [-0.39, 0.29) is 11.9 Å². The molecule has 1 aromatic rings. The number of carbonyl (C=O) groups is 1. The summed E-state index contributed by atoms with van der Waals surface area (Å²) in [6.45, 7) is 3.05. The number of aromatic nitrogens is 1. The van der Waals surface area contributed by atoms with Gasteiger partial charge in [-0.05, 0) is 27.4 Å². The van der Waals surface area contributed by atoms with E-state index in [2.05, 4.69) is 4.98 Å². The number of hydrogen-bond donors (Lipinski definition) is 1. The Morgan fingerprint density at radius 3 is 2.94 bits per heavy atom. The quantitative estimate of drug-likeness (QED) is 0.872. The highest BCUT2D eigenvalue weighted by Gasteiger charge is 2.35. The Hall–Kier alpha value is -0.980. The number of likely N-dealkylation sites (N-methyl/N-ethyl adjacent to an activating group) is 1. The molecule has 2 rings (SSSR count). The molecule has 5 nitrogen and oxygen atoms in total. The van der Waals surface area contributed by atoms with E-state index in [4.69, 9.17) is 0 Å². The van der Waals surface area contributed by atoms with E-state index in [1.54, 1.807) is 10.4 Å². The van der Waals surface area contributed by atoms with Crippen LogP contribution < -0.4 is 0 Å². The fourth-order valence-electron chi connectivity index (χ4n) is 2.37. The molecule has 1 N–H and O–H groups in total. The predicted octanol–water partition coefficient (Wildman–Crippen LogP) is 0.589. The van der Waals surface area contributed by atoms with Crippen molar-refractivity contribution in [2.24, 2.45) is 0 Å². The molecule has 2 heterocycles. The van der Waals surface area contributed by atoms with Crippen LogP contribution in [0.5, 0.6) is 0 Å². The number of amides is 1. The van der Waals surface area contributed by atoms with Gasteiger partial charge in [-0.3, -0.25) is 4.79 Å². The fraction of sp³-hybridized carbons (Fsp3) is 0.667. The maximum atomic E-state index is 12.4. The van der Waals surface area contributed by atoms with Crippen LogP contribution in [0.4, 0.5) is 0 Å². The van der Waals surface area contributed by atoms with Crippen LogP contribution in [0.1, 0.15) is 21.8 Å². The van der Waals surface area contributed by atoms with Gasteiger partial charge in [0.05, 0.1) is 17.3 Å². The molecule has 1 amide bonds. The lowest BCUT2D eigenvalue weighted by Crippen LogP contribution is -2.41. The minimum absolute atomic E-state index is 0.00148. The van der Waals surface area contributed by atoms with Crippen molar-refractivity contribution in [3.8, 4) is 0 Å². The summed E-state index contributed by atoms with van der Waals surface area (Å²) in [6.07, 6.45) is 0.244. The molecule has 1 aromatic heterocycles. The van der Waals surface area contributed by atoms with Crippen molar-refractivity contribution in [1.29, 1.82) is 0 Å². The number of rotatable bonds is 3. The Kier molecular flexibility index (Phi) is 3.99. The lowest BCUT2D eigenvalue weighted by Gasteiger charge is -2.26. The molecule has 2 atom stereocenters. The zero-order valence-electron chi connectivity index (χ0n) is 11.0. The van der Waals surface area contributed by atoms with Gasteiger partial charge in [0.25, 0.3) is 5.91 Å². The molecule has 1 fully saturated rings. The Labute approximate surface area is 111 Å². The summed E-state index contributed by atoms with van der Waals surface area (Å²) in [5, 5.41) is 9.77. The van der Waals surface area contributed by atoms with E-state index in [9.17, 15) is 9.90 Å². The van der Waals surface area contributed by atoms with Gasteiger partial charge in [0.1, 0.15) is 4.88 Å². The molecule has 6 heteroatoms. The largest absolute Gasteiger partial charge is 0.391 e. The summed E-state index contributed by atoms with van der Waals surface area (Å²) in [4.78, 5) is 21.1. The van der Waals surface area contributed by atoms with Gasteiger partial charge in [-0.1, -0.05) is 0 Å². The SMILES string of the molecule is Cc1ncsc1C(=O)N1CC(O)CC1CN(C)C. The smallest absolute Gasteiger partial charge is 0.266 e. The van der Waals surface area contributed by atoms with Crippen LogP contribution in [0.2, 0.25) is 0 Å². The Bertz CT molecular complexity index is 433. The van der Waals surface area contributed by atoms with Gasteiger partial charge < -0.3 is 14.9 Å². The monoisotopic (exact) mass is 269 g/mol. The Morgan fingerprint density at radius 1 is 1.67 bits per heavy atom. The highest BCUT2D eigenvalue weighted by atomic mass is 32.1. The number of nitrogens with zero attached hydrogens (tertiary/aromatic N) is 3. The third-order valence-corrected chi connectivity index (χ3v) is 4.09. The zero-order valence-corrected chi connectivity index (χ0v) is 11.8. The number of aliphatic hydroxyl groups is 1. The standard InChI is InChI=1S/C12H19N3O2S/c1-8-11(18-7-13-8)12(17)15-6-10(16)4-9(15)5-14(2)3/h7,9-10,16H,4-6H2,1-3H3. The molecule has 2 unspecified atom stereocenters. The second-order valence-electron chi connectivity index (χ2n) is 5.03. The summed E-state index contributed by atoms with van der Waals surface area (Å²) in [5.74, 6) is -0.00148. The number of likely N-dealkylation sites (tertiary alicyclic amines) is 1. The van der Waals surface area contributed by atoms with E-state index in [0.717, 1.165) is 12.2 Å². The van der Waals surface area contributed by atoms with E-state index in [1.165, 1.54) is 11.3 Å². The van der Waals surface area contributed by atoms with Gasteiger partial charge >= 0.3 is 0 Å². The topological polar surface area (TPSA) is 56.7 Å². The summed E-state index contributed by atoms with van der Waals surface area (Å²) < 4.78 is 0. The van der Waals surface area contributed by atoms with Gasteiger partial charge in [-0.2, -0.15) is 0 Å². The van der Waals surface area contributed by atoms with Crippen LogP contribution in [-0.2, 0) is 0 Å². The van der Waals surface area contributed by atoms with Gasteiger partial charge in [0, 0.05) is 19.1 Å². The third kappa shape index (κ3) is 2.71. The first kappa shape index (κ1) is 13.5. The average Bonchev–Trinajstić information content (AvgIpc) is 2.83. The Morgan fingerprint density at radius 2 is 2.39 bits per heavy atom. The summed E-state index contributed by atoms with van der Waals surface area (Å²) in [6, 6.07) is 0.0870. The van der Waals surface area contributed by atoms with Crippen molar-refractivity contribution in [3.05, 3.63) is 16.1 Å². The molecule has 0 aromatic carbocycles. The minimum atomic E-state index is -0.410. The van der Waals surface area contributed by atoms with Crippen LogP contribution in [0.15, 0.2) is 5.51 Å². The number of thiazole rings is 1. The molecule has 0 bridgehead atoms.